The number of para-hydroxylation sites is 1. The summed E-state index contributed by atoms with van der Waals surface area (Å²) in [5.41, 5.74) is 10.3. The lowest BCUT2D eigenvalue weighted by atomic mass is 9.91. The topological polar surface area (TPSA) is 41.8 Å². The van der Waals surface area contributed by atoms with Crippen LogP contribution in [0.4, 0.5) is 0 Å². The number of hydrogen-bond donors (Lipinski definition) is 2. The summed E-state index contributed by atoms with van der Waals surface area (Å²) in [4.78, 5) is 3.45. The molecule has 3 N–H and O–H groups in total. The highest BCUT2D eigenvalue weighted by atomic mass is 35.5. The maximum atomic E-state index is 6.49. The molecular formula is C15H21ClN2. The lowest BCUT2D eigenvalue weighted by molar-refractivity contribution is 0.445. The van der Waals surface area contributed by atoms with Crippen molar-refractivity contribution in [3.63, 3.8) is 0 Å². The van der Waals surface area contributed by atoms with Gasteiger partial charge in [0.15, 0.2) is 0 Å². The van der Waals surface area contributed by atoms with E-state index >= 15 is 0 Å². The van der Waals surface area contributed by atoms with Crippen LogP contribution in [0.15, 0.2) is 24.3 Å². The van der Waals surface area contributed by atoms with Crippen LogP contribution in [-0.2, 0) is 0 Å². The summed E-state index contributed by atoms with van der Waals surface area (Å²) in [5.74, 6) is 0.674. The van der Waals surface area contributed by atoms with Crippen molar-refractivity contribution in [2.24, 2.45) is 11.7 Å². The van der Waals surface area contributed by atoms with Gasteiger partial charge in [-0.2, -0.15) is 0 Å². The summed E-state index contributed by atoms with van der Waals surface area (Å²) in [6, 6.07) is 8.69. The second-order valence-electron chi connectivity index (χ2n) is 5.28. The third-order valence-corrected chi connectivity index (χ3v) is 4.18. The van der Waals surface area contributed by atoms with Gasteiger partial charge in [-0.05, 0) is 37.3 Å². The first-order valence-electron chi connectivity index (χ1n) is 6.60. The molecule has 1 heterocycles. The van der Waals surface area contributed by atoms with Crippen LogP contribution in [0.5, 0.6) is 0 Å². The second-order valence-corrected chi connectivity index (χ2v) is 5.28. The number of aromatic nitrogens is 1. The molecule has 0 saturated heterocycles. The average Bonchev–Trinajstić information content (AvgIpc) is 2.94. The number of benzene rings is 1. The first-order valence-corrected chi connectivity index (χ1v) is 6.60. The molecule has 1 aromatic carbocycles. The van der Waals surface area contributed by atoms with Crippen LogP contribution in [-0.4, -0.2) is 4.98 Å². The predicted molar refractivity (Wildman–Crippen MR) is 79.2 cm³/mol. The molecule has 1 atom stereocenters. The number of hydrogen-bond acceptors (Lipinski definition) is 1. The minimum atomic E-state index is 0. The van der Waals surface area contributed by atoms with Crippen LogP contribution in [0.25, 0.3) is 10.9 Å². The molecule has 0 unspecified atom stereocenters. The summed E-state index contributed by atoms with van der Waals surface area (Å²) in [7, 11) is 0. The highest BCUT2D eigenvalue weighted by Crippen LogP contribution is 2.38. The van der Waals surface area contributed by atoms with Crippen molar-refractivity contribution in [1.29, 1.82) is 0 Å². The van der Waals surface area contributed by atoms with Gasteiger partial charge in [-0.3, -0.25) is 0 Å². The molecule has 2 nitrogen and oxygen atoms in total. The number of fused-ring (bicyclic) bond motifs is 1. The number of H-pyrrole nitrogens is 1. The van der Waals surface area contributed by atoms with Crippen molar-refractivity contribution in [2.45, 2.75) is 38.6 Å². The highest BCUT2D eigenvalue weighted by molar-refractivity contribution is 5.85. The summed E-state index contributed by atoms with van der Waals surface area (Å²) in [6.45, 7) is 2.14. The fourth-order valence-corrected chi connectivity index (χ4v) is 3.28. The minimum Gasteiger partial charge on any atom is -0.358 e. The monoisotopic (exact) mass is 264 g/mol. The van der Waals surface area contributed by atoms with Gasteiger partial charge in [0.25, 0.3) is 0 Å². The van der Waals surface area contributed by atoms with Crippen molar-refractivity contribution >= 4 is 23.3 Å². The molecule has 1 aromatic heterocycles. The maximum absolute atomic E-state index is 6.49. The Labute approximate surface area is 114 Å². The summed E-state index contributed by atoms with van der Waals surface area (Å²) in [6.07, 6.45) is 5.28. The first-order chi connectivity index (χ1) is 8.27. The van der Waals surface area contributed by atoms with Crippen LogP contribution >= 0.6 is 12.4 Å². The molecule has 0 amide bonds. The summed E-state index contributed by atoms with van der Waals surface area (Å²) >= 11 is 0. The fraction of sp³-hybridized carbons (Fsp3) is 0.467. The molecule has 98 valence electrons. The van der Waals surface area contributed by atoms with Crippen molar-refractivity contribution in [2.75, 3.05) is 0 Å². The van der Waals surface area contributed by atoms with E-state index in [1.165, 1.54) is 47.8 Å². The average molecular weight is 265 g/mol. The molecule has 1 fully saturated rings. The number of halogens is 1. The molecule has 0 aliphatic heterocycles. The minimum absolute atomic E-state index is 0. The highest BCUT2D eigenvalue weighted by Gasteiger charge is 2.26. The number of nitrogens with one attached hydrogen (secondary N) is 1. The van der Waals surface area contributed by atoms with Crippen molar-refractivity contribution in [3.8, 4) is 0 Å². The van der Waals surface area contributed by atoms with E-state index in [1.807, 2.05) is 0 Å². The molecule has 0 spiro atoms. The zero-order valence-corrected chi connectivity index (χ0v) is 11.6. The lowest BCUT2D eigenvalue weighted by Gasteiger charge is -2.19. The number of aromatic amines is 1. The van der Waals surface area contributed by atoms with Gasteiger partial charge < -0.3 is 10.7 Å². The Bertz CT molecular complexity index is 526. The van der Waals surface area contributed by atoms with E-state index in [1.54, 1.807) is 0 Å². The molecule has 3 rings (SSSR count). The van der Waals surface area contributed by atoms with E-state index in [2.05, 4.69) is 36.2 Å². The molecule has 1 saturated carbocycles. The predicted octanol–water partition coefficient (Wildman–Crippen LogP) is 4.09. The van der Waals surface area contributed by atoms with Crippen molar-refractivity contribution < 1.29 is 0 Å². The Balaban J connectivity index is 0.00000120. The Morgan fingerprint density at radius 1 is 1.22 bits per heavy atom. The van der Waals surface area contributed by atoms with Gasteiger partial charge in [-0.25, -0.2) is 0 Å². The van der Waals surface area contributed by atoms with Gasteiger partial charge in [0.05, 0.1) is 0 Å². The summed E-state index contributed by atoms with van der Waals surface area (Å²) < 4.78 is 0. The first kappa shape index (κ1) is 13.4. The summed E-state index contributed by atoms with van der Waals surface area (Å²) in [5, 5.41) is 1.31. The molecule has 1 aliphatic rings. The van der Waals surface area contributed by atoms with Gasteiger partial charge >= 0.3 is 0 Å². The van der Waals surface area contributed by atoms with E-state index in [0.717, 1.165) is 0 Å². The van der Waals surface area contributed by atoms with Crippen LogP contribution in [0.2, 0.25) is 0 Å². The van der Waals surface area contributed by atoms with Crippen LogP contribution in [0.3, 0.4) is 0 Å². The maximum Gasteiger partial charge on any atom is 0.0459 e. The molecule has 2 aromatic rings. The molecule has 18 heavy (non-hydrogen) atoms. The van der Waals surface area contributed by atoms with E-state index in [0.29, 0.717) is 5.92 Å². The molecule has 0 bridgehead atoms. The second kappa shape index (κ2) is 5.33. The zero-order chi connectivity index (χ0) is 11.8. The number of aryl methyl sites for hydroxylation is 1. The molecule has 0 radical (unpaired) electrons. The van der Waals surface area contributed by atoms with E-state index in [-0.39, 0.29) is 18.4 Å². The Kier molecular flexibility index (Phi) is 3.98. The molecule has 1 aliphatic carbocycles. The van der Waals surface area contributed by atoms with E-state index in [4.69, 9.17) is 5.73 Å². The van der Waals surface area contributed by atoms with Crippen LogP contribution in [0, 0.1) is 12.8 Å². The number of nitrogens with two attached hydrogens (primary N) is 1. The Morgan fingerprint density at radius 3 is 2.61 bits per heavy atom. The Hall–Kier alpha value is -0.990. The van der Waals surface area contributed by atoms with Gasteiger partial charge in [0.1, 0.15) is 0 Å². The van der Waals surface area contributed by atoms with E-state index in [9.17, 15) is 0 Å². The van der Waals surface area contributed by atoms with Gasteiger partial charge in [0, 0.05) is 22.6 Å². The van der Waals surface area contributed by atoms with Crippen LogP contribution in [0.1, 0.15) is 43.0 Å². The normalized spacial score (nSPS) is 17.9. The number of rotatable bonds is 2. The third kappa shape index (κ3) is 2.15. The van der Waals surface area contributed by atoms with Gasteiger partial charge in [0.2, 0.25) is 0 Å². The van der Waals surface area contributed by atoms with E-state index < -0.39 is 0 Å². The van der Waals surface area contributed by atoms with Crippen molar-refractivity contribution in [1.82, 2.24) is 4.98 Å². The van der Waals surface area contributed by atoms with Crippen molar-refractivity contribution in [3.05, 3.63) is 35.5 Å². The lowest BCUT2D eigenvalue weighted by Crippen LogP contribution is -2.19. The quantitative estimate of drug-likeness (QED) is 0.843. The van der Waals surface area contributed by atoms with Gasteiger partial charge in [-0.1, -0.05) is 31.0 Å². The Morgan fingerprint density at radius 2 is 1.89 bits per heavy atom. The van der Waals surface area contributed by atoms with Gasteiger partial charge in [-0.15, -0.1) is 12.4 Å². The molecule has 3 heteroatoms. The zero-order valence-electron chi connectivity index (χ0n) is 10.8. The third-order valence-electron chi connectivity index (χ3n) is 4.18. The smallest absolute Gasteiger partial charge is 0.0459 e. The SMILES string of the molecule is Cc1[nH]c2ccccc2c1[C@@H](N)C1CCCC1.Cl. The molecular weight excluding hydrogens is 244 g/mol. The fourth-order valence-electron chi connectivity index (χ4n) is 3.28. The largest absolute Gasteiger partial charge is 0.358 e. The van der Waals surface area contributed by atoms with Crippen LogP contribution < -0.4 is 5.73 Å². The standard InChI is InChI=1S/C15H20N2.ClH/c1-10-14(15(16)11-6-2-3-7-11)12-8-4-5-9-13(12)17-10;/h4-5,8-9,11,15,17H,2-3,6-7,16H2,1H3;1H/t15-;/m0./s1.